The van der Waals surface area contributed by atoms with Crippen LogP contribution in [0, 0.1) is 5.92 Å². The Hall–Kier alpha value is -0.870. The zero-order chi connectivity index (χ0) is 13.7. The third-order valence-electron chi connectivity index (χ3n) is 4.21. The van der Waals surface area contributed by atoms with Crippen molar-refractivity contribution in [1.29, 1.82) is 0 Å². The summed E-state index contributed by atoms with van der Waals surface area (Å²) in [7, 11) is 2.07. The molecule has 19 heavy (non-hydrogen) atoms. The molecular weight excluding hydrogens is 238 g/mol. The Kier molecular flexibility index (Phi) is 5.40. The second-order valence-corrected chi connectivity index (χ2v) is 5.58. The van der Waals surface area contributed by atoms with Crippen molar-refractivity contribution in [2.45, 2.75) is 51.7 Å². The van der Waals surface area contributed by atoms with Gasteiger partial charge >= 0.3 is 0 Å². The molecule has 0 radical (unpaired) electrons. The number of imidazole rings is 1. The van der Waals surface area contributed by atoms with Crippen molar-refractivity contribution in [1.82, 2.24) is 14.9 Å². The number of hydrogen-bond donors (Lipinski definition) is 1. The van der Waals surface area contributed by atoms with Gasteiger partial charge in [-0.05, 0) is 32.7 Å². The van der Waals surface area contributed by atoms with Crippen LogP contribution in [0.4, 0.5) is 0 Å². The number of hydrogen-bond acceptors (Lipinski definition) is 3. The highest BCUT2D eigenvalue weighted by Crippen LogP contribution is 2.26. The van der Waals surface area contributed by atoms with E-state index in [4.69, 9.17) is 4.74 Å². The van der Waals surface area contributed by atoms with Crippen LogP contribution in [-0.2, 0) is 18.2 Å². The lowest BCUT2D eigenvalue weighted by Crippen LogP contribution is -2.40. The minimum atomic E-state index is 0.385. The smallest absolute Gasteiger partial charge is 0.108 e. The molecule has 4 nitrogen and oxygen atoms in total. The average Bonchev–Trinajstić information content (AvgIpc) is 2.99. The molecule has 3 atom stereocenters. The minimum Gasteiger partial charge on any atom is -0.378 e. The van der Waals surface area contributed by atoms with Crippen LogP contribution in [0.15, 0.2) is 12.4 Å². The van der Waals surface area contributed by atoms with Crippen molar-refractivity contribution in [2.75, 3.05) is 13.2 Å². The Morgan fingerprint density at radius 3 is 3.00 bits per heavy atom. The molecule has 108 valence electrons. The van der Waals surface area contributed by atoms with Gasteiger partial charge < -0.3 is 14.6 Å². The lowest BCUT2D eigenvalue weighted by Gasteiger charge is -2.27. The molecular formula is C15H27N3O. The Bertz CT molecular complexity index is 377. The Labute approximate surface area is 116 Å². The number of rotatable bonds is 7. The molecule has 0 amide bonds. The number of nitrogens with one attached hydrogen (secondary N) is 1. The predicted octanol–water partition coefficient (Wildman–Crippen LogP) is 2.15. The molecule has 0 aliphatic carbocycles. The summed E-state index contributed by atoms with van der Waals surface area (Å²) in [5, 5.41) is 3.71. The van der Waals surface area contributed by atoms with E-state index in [1.54, 1.807) is 0 Å². The third-order valence-corrected chi connectivity index (χ3v) is 4.21. The highest BCUT2D eigenvalue weighted by molar-refractivity contribution is 4.94. The summed E-state index contributed by atoms with van der Waals surface area (Å²) >= 11 is 0. The largest absolute Gasteiger partial charge is 0.378 e. The summed E-state index contributed by atoms with van der Waals surface area (Å²) in [6, 6.07) is 0.550. The van der Waals surface area contributed by atoms with Crippen LogP contribution in [0.5, 0.6) is 0 Å². The molecule has 1 aliphatic rings. The molecule has 1 aromatic heterocycles. The third kappa shape index (κ3) is 3.80. The fourth-order valence-electron chi connectivity index (χ4n) is 3.00. The highest BCUT2D eigenvalue weighted by Gasteiger charge is 2.31. The van der Waals surface area contributed by atoms with Gasteiger partial charge in [-0.1, -0.05) is 6.92 Å². The topological polar surface area (TPSA) is 39.1 Å². The van der Waals surface area contributed by atoms with Crippen molar-refractivity contribution in [3.63, 3.8) is 0 Å². The molecule has 1 aliphatic heterocycles. The molecule has 1 fully saturated rings. The number of aryl methyl sites for hydroxylation is 2. The highest BCUT2D eigenvalue weighted by atomic mass is 16.5. The van der Waals surface area contributed by atoms with Crippen molar-refractivity contribution in [2.24, 2.45) is 13.0 Å². The summed E-state index contributed by atoms with van der Waals surface area (Å²) < 4.78 is 7.84. The van der Waals surface area contributed by atoms with Gasteiger partial charge in [0.25, 0.3) is 0 Å². The predicted molar refractivity (Wildman–Crippen MR) is 77.1 cm³/mol. The zero-order valence-corrected chi connectivity index (χ0v) is 12.4. The van der Waals surface area contributed by atoms with E-state index in [9.17, 15) is 0 Å². The van der Waals surface area contributed by atoms with Gasteiger partial charge in [0, 0.05) is 44.4 Å². The first-order valence-electron chi connectivity index (χ1n) is 7.53. The zero-order valence-electron chi connectivity index (χ0n) is 12.4. The van der Waals surface area contributed by atoms with Crippen molar-refractivity contribution in [3.05, 3.63) is 18.2 Å². The van der Waals surface area contributed by atoms with E-state index in [0.717, 1.165) is 26.0 Å². The van der Waals surface area contributed by atoms with E-state index in [0.29, 0.717) is 18.1 Å². The van der Waals surface area contributed by atoms with E-state index < -0.39 is 0 Å². The number of ether oxygens (including phenoxy) is 1. The molecule has 4 heteroatoms. The van der Waals surface area contributed by atoms with Crippen LogP contribution in [0.1, 0.15) is 38.9 Å². The molecule has 1 aromatic rings. The molecule has 0 spiro atoms. The first kappa shape index (κ1) is 14.5. The van der Waals surface area contributed by atoms with Gasteiger partial charge in [-0.25, -0.2) is 4.98 Å². The fourth-order valence-corrected chi connectivity index (χ4v) is 3.00. The van der Waals surface area contributed by atoms with E-state index in [-0.39, 0.29) is 0 Å². The van der Waals surface area contributed by atoms with Gasteiger partial charge in [-0.2, -0.15) is 0 Å². The van der Waals surface area contributed by atoms with Crippen molar-refractivity contribution in [3.8, 4) is 0 Å². The molecule has 0 aromatic carbocycles. The second kappa shape index (κ2) is 7.06. The Morgan fingerprint density at radius 2 is 2.42 bits per heavy atom. The second-order valence-electron chi connectivity index (χ2n) is 5.58. The first-order chi connectivity index (χ1) is 9.22. The lowest BCUT2D eigenvalue weighted by atomic mass is 9.90. The van der Waals surface area contributed by atoms with Gasteiger partial charge in [0.2, 0.25) is 0 Å². The molecule has 0 saturated carbocycles. The van der Waals surface area contributed by atoms with Gasteiger partial charge in [-0.15, -0.1) is 0 Å². The first-order valence-corrected chi connectivity index (χ1v) is 7.53. The van der Waals surface area contributed by atoms with E-state index in [1.165, 1.54) is 18.7 Å². The molecule has 2 rings (SSSR count). The number of nitrogens with zero attached hydrogens (tertiary/aromatic N) is 2. The van der Waals surface area contributed by atoms with E-state index in [1.807, 2.05) is 12.4 Å². The maximum absolute atomic E-state index is 5.73. The lowest BCUT2D eigenvalue weighted by molar-refractivity contribution is 0.0942. The summed E-state index contributed by atoms with van der Waals surface area (Å²) in [6.07, 6.45) is 8.83. The standard InChI is InChI=1S/C15H27N3O/c1-4-8-16-14(13-7-11-19-12(13)2)5-6-15-17-9-10-18(15)3/h9-10,12-14,16H,4-8,11H2,1-3H3. The van der Waals surface area contributed by atoms with Gasteiger partial charge in [0.15, 0.2) is 0 Å². The van der Waals surface area contributed by atoms with Crippen LogP contribution in [0.3, 0.4) is 0 Å². The van der Waals surface area contributed by atoms with Gasteiger partial charge in [0.1, 0.15) is 5.82 Å². The normalized spacial score (nSPS) is 24.8. The van der Waals surface area contributed by atoms with Crippen molar-refractivity contribution >= 4 is 0 Å². The van der Waals surface area contributed by atoms with E-state index in [2.05, 4.69) is 35.8 Å². The van der Waals surface area contributed by atoms with Crippen LogP contribution in [-0.4, -0.2) is 34.8 Å². The van der Waals surface area contributed by atoms with E-state index >= 15 is 0 Å². The summed E-state index contributed by atoms with van der Waals surface area (Å²) in [5.74, 6) is 1.82. The average molecular weight is 265 g/mol. The molecule has 2 heterocycles. The van der Waals surface area contributed by atoms with Crippen LogP contribution in [0.2, 0.25) is 0 Å². The molecule has 3 unspecified atom stereocenters. The molecule has 1 saturated heterocycles. The van der Waals surface area contributed by atoms with Crippen LogP contribution in [0.25, 0.3) is 0 Å². The summed E-state index contributed by atoms with van der Waals surface area (Å²) in [6.45, 7) is 6.43. The Morgan fingerprint density at radius 1 is 1.58 bits per heavy atom. The minimum absolute atomic E-state index is 0.385. The van der Waals surface area contributed by atoms with Crippen molar-refractivity contribution < 1.29 is 4.74 Å². The summed E-state index contributed by atoms with van der Waals surface area (Å²) in [5.41, 5.74) is 0. The quantitative estimate of drug-likeness (QED) is 0.821. The summed E-state index contributed by atoms with van der Waals surface area (Å²) in [4.78, 5) is 4.42. The fraction of sp³-hybridized carbons (Fsp3) is 0.800. The number of aromatic nitrogens is 2. The van der Waals surface area contributed by atoms with Crippen LogP contribution >= 0.6 is 0 Å². The Balaban J connectivity index is 1.91. The van der Waals surface area contributed by atoms with Gasteiger partial charge in [0.05, 0.1) is 6.10 Å². The monoisotopic (exact) mass is 265 g/mol. The molecule has 0 bridgehead atoms. The maximum atomic E-state index is 5.73. The maximum Gasteiger partial charge on any atom is 0.108 e. The van der Waals surface area contributed by atoms with Crippen LogP contribution < -0.4 is 5.32 Å². The SMILES string of the molecule is CCCNC(CCc1nccn1C)C1CCOC1C. The molecule has 1 N–H and O–H groups in total. The van der Waals surface area contributed by atoms with Gasteiger partial charge in [-0.3, -0.25) is 0 Å².